The van der Waals surface area contributed by atoms with Crippen LogP contribution in [-0.2, 0) is 4.79 Å². The topological polar surface area (TPSA) is 49.3 Å². The number of carbonyl (C=O) groups excluding carboxylic acids is 1. The third-order valence-corrected chi connectivity index (χ3v) is 4.02. The Morgan fingerprint density at radius 2 is 2.00 bits per heavy atom. The van der Waals surface area contributed by atoms with Gasteiger partial charge >= 0.3 is 0 Å². The Balaban J connectivity index is 1.79. The number of benzene rings is 1. The van der Waals surface area contributed by atoms with Crippen LogP contribution in [0, 0.1) is 5.92 Å². The van der Waals surface area contributed by atoms with E-state index in [9.17, 15) is 9.90 Å². The third kappa shape index (κ3) is 4.49. The Bertz CT molecular complexity index is 459. The van der Waals surface area contributed by atoms with Crippen LogP contribution in [0.15, 0.2) is 36.4 Å². The predicted octanol–water partition coefficient (Wildman–Crippen LogP) is 2.76. The number of hydrogen-bond acceptors (Lipinski definition) is 2. The van der Waals surface area contributed by atoms with Gasteiger partial charge < -0.3 is 10.4 Å². The van der Waals surface area contributed by atoms with Crippen LogP contribution in [0.5, 0.6) is 0 Å². The fourth-order valence-electron chi connectivity index (χ4n) is 2.52. The summed E-state index contributed by atoms with van der Waals surface area (Å²) in [5.41, 5.74) is 0.274. The molecular weight excluding hydrogens is 250 g/mol. The van der Waals surface area contributed by atoms with E-state index in [-0.39, 0.29) is 5.91 Å². The molecule has 0 aromatic heterocycles. The van der Waals surface area contributed by atoms with Gasteiger partial charge in [0.2, 0.25) is 5.91 Å². The summed E-state index contributed by atoms with van der Waals surface area (Å²) in [5, 5.41) is 13.2. The summed E-state index contributed by atoms with van der Waals surface area (Å²) >= 11 is 0. The van der Waals surface area contributed by atoms with E-state index in [1.165, 1.54) is 6.08 Å². The van der Waals surface area contributed by atoms with E-state index in [1.54, 1.807) is 6.08 Å². The monoisotopic (exact) mass is 273 g/mol. The van der Waals surface area contributed by atoms with Gasteiger partial charge in [-0.3, -0.25) is 4.79 Å². The van der Waals surface area contributed by atoms with Gasteiger partial charge in [0, 0.05) is 12.6 Å². The first-order chi connectivity index (χ1) is 9.57. The summed E-state index contributed by atoms with van der Waals surface area (Å²) in [7, 11) is 0. The van der Waals surface area contributed by atoms with Crippen molar-refractivity contribution in [2.24, 2.45) is 5.92 Å². The molecule has 0 radical (unpaired) electrons. The van der Waals surface area contributed by atoms with Crippen molar-refractivity contribution in [3.05, 3.63) is 42.0 Å². The summed E-state index contributed by atoms with van der Waals surface area (Å²) in [5.74, 6) is 0.532. The minimum absolute atomic E-state index is 0.152. The van der Waals surface area contributed by atoms with E-state index in [0.717, 1.165) is 31.2 Å². The Labute approximate surface area is 120 Å². The molecule has 1 aromatic rings. The summed E-state index contributed by atoms with van der Waals surface area (Å²) in [6.45, 7) is 2.55. The molecule has 0 atom stereocenters. The van der Waals surface area contributed by atoms with Gasteiger partial charge in [0.25, 0.3) is 0 Å². The van der Waals surface area contributed by atoms with Crippen LogP contribution < -0.4 is 5.32 Å². The molecule has 3 heteroatoms. The second kappa shape index (κ2) is 6.71. The zero-order chi connectivity index (χ0) is 14.4. The minimum Gasteiger partial charge on any atom is -0.388 e. The van der Waals surface area contributed by atoms with Crippen molar-refractivity contribution >= 4 is 12.0 Å². The van der Waals surface area contributed by atoms with Crippen LogP contribution in [0.1, 0.15) is 38.2 Å². The number of rotatable bonds is 4. The molecule has 3 nitrogen and oxygen atoms in total. The zero-order valence-electron chi connectivity index (χ0n) is 12.0. The Morgan fingerprint density at radius 1 is 1.35 bits per heavy atom. The Kier molecular flexibility index (Phi) is 4.96. The number of carbonyl (C=O) groups is 1. The molecule has 2 N–H and O–H groups in total. The smallest absolute Gasteiger partial charge is 0.244 e. The molecule has 1 aliphatic rings. The molecule has 2 rings (SSSR count). The Hall–Kier alpha value is -1.61. The summed E-state index contributed by atoms with van der Waals surface area (Å²) in [4.78, 5) is 11.8. The molecule has 1 aliphatic carbocycles. The lowest BCUT2D eigenvalue weighted by atomic mass is 9.79. The van der Waals surface area contributed by atoms with Crippen molar-refractivity contribution in [2.45, 2.75) is 38.2 Å². The molecule has 0 bridgehead atoms. The average molecular weight is 273 g/mol. The zero-order valence-corrected chi connectivity index (χ0v) is 12.0. The fraction of sp³-hybridized carbons (Fsp3) is 0.471. The number of nitrogens with one attached hydrogen (secondary N) is 1. The average Bonchev–Trinajstić information content (AvgIpc) is 2.48. The maximum atomic E-state index is 11.8. The minimum atomic E-state index is -0.719. The molecule has 0 unspecified atom stereocenters. The molecule has 108 valence electrons. The molecule has 1 amide bonds. The maximum Gasteiger partial charge on any atom is 0.244 e. The molecule has 0 aliphatic heterocycles. The van der Waals surface area contributed by atoms with Crippen molar-refractivity contribution in [1.82, 2.24) is 5.32 Å². The van der Waals surface area contributed by atoms with Crippen molar-refractivity contribution in [3.63, 3.8) is 0 Å². The van der Waals surface area contributed by atoms with Crippen LogP contribution in [0.25, 0.3) is 6.08 Å². The quantitative estimate of drug-likeness (QED) is 0.829. The molecule has 1 saturated carbocycles. The highest BCUT2D eigenvalue weighted by Gasteiger charge is 2.31. The SMILES string of the molecule is CC1CCC(O)(CNC(=O)C=Cc2ccccc2)CC1. The van der Waals surface area contributed by atoms with Gasteiger partial charge in [-0.2, -0.15) is 0 Å². The largest absolute Gasteiger partial charge is 0.388 e. The van der Waals surface area contributed by atoms with Gasteiger partial charge in [0.05, 0.1) is 5.60 Å². The van der Waals surface area contributed by atoms with E-state index < -0.39 is 5.60 Å². The van der Waals surface area contributed by atoms with Crippen molar-refractivity contribution in [3.8, 4) is 0 Å². The highest BCUT2D eigenvalue weighted by Crippen LogP contribution is 2.31. The molecule has 0 spiro atoms. The van der Waals surface area contributed by atoms with E-state index in [1.807, 2.05) is 30.3 Å². The summed E-state index contributed by atoms with van der Waals surface area (Å²) < 4.78 is 0. The molecule has 1 fully saturated rings. The first-order valence-electron chi connectivity index (χ1n) is 7.31. The molecule has 0 heterocycles. The number of hydrogen-bond donors (Lipinski definition) is 2. The number of amides is 1. The molecule has 20 heavy (non-hydrogen) atoms. The predicted molar refractivity (Wildman–Crippen MR) is 81.1 cm³/mol. The van der Waals surface area contributed by atoms with Gasteiger partial charge in [0.1, 0.15) is 0 Å². The highest BCUT2D eigenvalue weighted by molar-refractivity contribution is 5.91. The standard InChI is InChI=1S/C17H23NO2/c1-14-9-11-17(20,12-10-14)13-18-16(19)8-7-15-5-3-2-4-6-15/h2-8,14,20H,9-13H2,1H3,(H,18,19). The lowest BCUT2D eigenvalue weighted by Gasteiger charge is -2.34. The van der Waals surface area contributed by atoms with Crippen molar-refractivity contribution < 1.29 is 9.90 Å². The van der Waals surface area contributed by atoms with Gasteiger partial charge in [0.15, 0.2) is 0 Å². The summed E-state index contributed by atoms with van der Waals surface area (Å²) in [6, 6.07) is 9.70. The first-order valence-corrected chi connectivity index (χ1v) is 7.31. The maximum absolute atomic E-state index is 11.8. The Morgan fingerprint density at radius 3 is 2.65 bits per heavy atom. The number of aliphatic hydroxyl groups is 1. The van der Waals surface area contributed by atoms with Crippen LogP contribution in [-0.4, -0.2) is 23.2 Å². The second-order valence-corrected chi connectivity index (χ2v) is 5.87. The van der Waals surface area contributed by atoms with Crippen LogP contribution in [0.4, 0.5) is 0 Å². The van der Waals surface area contributed by atoms with Gasteiger partial charge in [-0.15, -0.1) is 0 Å². The van der Waals surface area contributed by atoms with E-state index in [2.05, 4.69) is 12.2 Å². The van der Waals surface area contributed by atoms with E-state index in [0.29, 0.717) is 12.5 Å². The van der Waals surface area contributed by atoms with Gasteiger partial charge in [-0.1, -0.05) is 37.3 Å². The molecule has 0 saturated heterocycles. The van der Waals surface area contributed by atoms with Gasteiger partial charge in [-0.25, -0.2) is 0 Å². The highest BCUT2D eigenvalue weighted by atomic mass is 16.3. The molecular formula is C17H23NO2. The first kappa shape index (κ1) is 14.8. The second-order valence-electron chi connectivity index (χ2n) is 5.87. The van der Waals surface area contributed by atoms with Crippen molar-refractivity contribution in [2.75, 3.05) is 6.54 Å². The van der Waals surface area contributed by atoms with Crippen LogP contribution in [0.2, 0.25) is 0 Å². The molecule has 1 aromatic carbocycles. The third-order valence-electron chi connectivity index (χ3n) is 4.02. The van der Waals surface area contributed by atoms with E-state index in [4.69, 9.17) is 0 Å². The lowest BCUT2D eigenvalue weighted by Crippen LogP contribution is -2.44. The van der Waals surface area contributed by atoms with Crippen LogP contribution >= 0.6 is 0 Å². The van der Waals surface area contributed by atoms with Gasteiger partial charge in [-0.05, 0) is 43.2 Å². The van der Waals surface area contributed by atoms with Crippen LogP contribution in [0.3, 0.4) is 0 Å². The fourth-order valence-corrected chi connectivity index (χ4v) is 2.52. The van der Waals surface area contributed by atoms with Crippen molar-refractivity contribution in [1.29, 1.82) is 0 Å². The summed E-state index contributed by atoms with van der Waals surface area (Å²) in [6.07, 6.45) is 6.92. The van der Waals surface area contributed by atoms with E-state index >= 15 is 0 Å². The normalized spacial score (nSPS) is 26.6. The lowest BCUT2D eigenvalue weighted by molar-refractivity contribution is -0.118.